The van der Waals surface area contributed by atoms with Crippen LogP contribution < -0.4 is 9.47 Å². The quantitative estimate of drug-likeness (QED) is 0.146. The zero-order valence-electron chi connectivity index (χ0n) is 24.3. The first-order valence-electron chi connectivity index (χ1n) is 14.2. The number of carbonyl (C=O) groups is 1. The summed E-state index contributed by atoms with van der Waals surface area (Å²) in [5.41, 5.74) is 6.68. The zero-order chi connectivity index (χ0) is 30.2. The van der Waals surface area contributed by atoms with E-state index < -0.39 is 0 Å². The fourth-order valence-corrected chi connectivity index (χ4v) is 5.32. The zero-order valence-corrected chi connectivity index (χ0v) is 25.1. The SMILES string of the molecule is Cc1ccc(CN2CCN(/C(=C/C=O)c3cc(C)c(Oc4ccc(OCc5ccc(C#N)cc5)cn4)c(Cl)c3)CC2)cc1. The van der Waals surface area contributed by atoms with Crippen molar-refractivity contribution in [3.05, 3.63) is 123 Å². The number of benzene rings is 3. The van der Waals surface area contributed by atoms with Gasteiger partial charge in [0.15, 0.2) is 5.75 Å². The van der Waals surface area contributed by atoms with Gasteiger partial charge in [0, 0.05) is 50.6 Å². The van der Waals surface area contributed by atoms with E-state index >= 15 is 0 Å². The van der Waals surface area contributed by atoms with Gasteiger partial charge < -0.3 is 14.4 Å². The number of nitrogens with zero attached hydrogens (tertiary/aromatic N) is 4. The molecule has 0 atom stereocenters. The Morgan fingerprint density at radius 2 is 1.70 bits per heavy atom. The normalized spacial score (nSPS) is 13.8. The number of hydrogen-bond donors (Lipinski definition) is 0. The lowest BCUT2D eigenvalue weighted by Gasteiger charge is -2.37. The molecule has 1 aliphatic heterocycles. The molecule has 1 aliphatic rings. The number of aldehydes is 1. The molecule has 0 N–H and O–H groups in total. The second-order valence-electron chi connectivity index (χ2n) is 10.6. The summed E-state index contributed by atoms with van der Waals surface area (Å²) in [6.07, 6.45) is 4.04. The lowest BCUT2D eigenvalue weighted by atomic mass is 10.1. The van der Waals surface area contributed by atoms with Crippen molar-refractivity contribution in [2.75, 3.05) is 26.2 Å². The van der Waals surface area contributed by atoms with Crippen molar-refractivity contribution >= 4 is 23.6 Å². The molecule has 1 fully saturated rings. The summed E-state index contributed by atoms with van der Waals surface area (Å²) in [7, 11) is 0. The van der Waals surface area contributed by atoms with Crippen LogP contribution in [-0.4, -0.2) is 47.2 Å². The Morgan fingerprint density at radius 1 is 0.977 bits per heavy atom. The molecule has 218 valence electrons. The molecule has 0 unspecified atom stereocenters. The number of ether oxygens (including phenoxy) is 2. The van der Waals surface area contributed by atoms with Gasteiger partial charge in [0.1, 0.15) is 18.6 Å². The average molecular weight is 593 g/mol. The van der Waals surface area contributed by atoms with Gasteiger partial charge in [0.25, 0.3) is 0 Å². The summed E-state index contributed by atoms with van der Waals surface area (Å²) < 4.78 is 11.9. The number of nitriles is 1. The smallest absolute Gasteiger partial charge is 0.219 e. The molecule has 8 heteroatoms. The molecule has 0 spiro atoms. The second-order valence-corrected chi connectivity index (χ2v) is 11.0. The van der Waals surface area contributed by atoms with E-state index in [0.717, 1.165) is 61.4 Å². The van der Waals surface area contributed by atoms with Crippen molar-refractivity contribution in [2.45, 2.75) is 27.0 Å². The number of carbonyl (C=O) groups excluding carboxylic acids is 1. The van der Waals surface area contributed by atoms with E-state index in [4.69, 9.17) is 26.3 Å². The van der Waals surface area contributed by atoms with Gasteiger partial charge in [-0.25, -0.2) is 4.98 Å². The Morgan fingerprint density at radius 3 is 2.33 bits per heavy atom. The van der Waals surface area contributed by atoms with Crippen molar-refractivity contribution < 1.29 is 14.3 Å². The Bertz CT molecular complexity index is 1600. The highest BCUT2D eigenvalue weighted by Crippen LogP contribution is 2.36. The third kappa shape index (κ3) is 7.81. The maximum absolute atomic E-state index is 11.6. The molecule has 1 aromatic heterocycles. The summed E-state index contributed by atoms with van der Waals surface area (Å²) >= 11 is 6.72. The molecular weight excluding hydrogens is 560 g/mol. The number of aryl methyl sites for hydroxylation is 2. The van der Waals surface area contributed by atoms with Crippen LogP contribution in [-0.2, 0) is 17.9 Å². The number of piperazine rings is 1. The van der Waals surface area contributed by atoms with Crippen molar-refractivity contribution in [3.8, 4) is 23.4 Å². The number of rotatable bonds is 10. The summed E-state index contributed by atoms with van der Waals surface area (Å²) in [5.74, 6) is 1.49. The van der Waals surface area contributed by atoms with Gasteiger partial charge in [-0.15, -0.1) is 0 Å². The van der Waals surface area contributed by atoms with E-state index in [-0.39, 0.29) is 0 Å². The second kappa shape index (κ2) is 14.0. The summed E-state index contributed by atoms with van der Waals surface area (Å²) in [4.78, 5) is 20.7. The molecule has 3 aromatic carbocycles. The van der Waals surface area contributed by atoms with Gasteiger partial charge >= 0.3 is 0 Å². The number of aromatic nitrogens is 1. The Balaban J connectivity index is 1.21. The van der Waals surface area contributed by atoms with Gasteiger partial charge in [-0.1, -0.05) is 53.6 Å². The minimum absolute atomic E-state index is 0.360. The van der Waals surface area contributed by atoms with Crippen LogP contribution in [0.4, 0.5) is 0 Å². The Hall–Kier alpha value is -4.64. The number of pyridine rings is 1. The van der Waals surface area contributed by atoms with Crippen LogP contribution >= 0.6 is 11.6 Å². The summed E-state index contributed by atoms with van der Waals surface area (Å²) in [6, 6.07) is 25.4. The van der Waals surface area contributed by atoms with Crippen molar-refractivity contribution in [1.82, 2.24) is 14.8 Å². The standard InChI is InChI=1S/C35H33ClN4O3/c1-25-3-5-28(6-4-25)23-39-14-16-40(17-15-39)33(13-18-41)30-19-26(2)35(32(36)20-30)43-34-12-11-31(22-38-34)42-24-29-9-7-27(21-37)8-10-29/h3-13,18-20,22H,14-17,23-24H2,1-2H3/b33-13+. The monoisotopic (exact) mass is 592 g/mol. The van der Waals surface area contributed by atoms with Crippen molar-refractivity contribution in [1.29, 1.82) is 5.26 Å². The third-order valence-electron chi connectivity index (χ3n) is 7.40. The molecule has 7 nitrogen and oxygen atoms in total. The minimum Gasteiger partial charge on any atom is -0.487 e. The van der Waals surface area contributed by atoms with Gasteiger partial charge in [0.05, 0.1) is 22.9 Å². The summed E-state index contributed by atoms with van der Waals surface area (Å²) in [5, 5.41) is 9.38. The molecule has 43 heavy (non-hydrogen) atoms. The first-order valence-corrected chi connectivity index (χ1v) is 14.5. The van der Waals surface area contributed by atoms with E-state index in [1.54, 1.807) is 36.5 Å². The number of allylic oxidation sites excluding steroid dienone is 1. The topological polar surface area (TPSA) is 78.7 Å². The van der Waals surface area contributed by atoms with Crippen molar-refractivity contribution in [3.63, 3.8) is 0 Å². The van der Waals surface area contributed by atoms with E-state index in [2.05, 4.69) is 52.0 Å². The van der Waals surface area contributed by atoms with Crippen LogP contribution in [0.1, 0.15) is 33.4 Å². The molecule has 0 amide bonds. The highest BCUT2D eigenvalue weighted by atomic mass is 35.5. The molecule has 2 heterocycles. The first kappa shape index (κ1) is 29.8. The van der Waals surface area contributed by atoms with Crippen LogP contribution in [0.2, 0.25) is 5.02 Å². The van der Waals surface area contributed by atoms with Crippen LogP contribution in [0, 0.1) is 25.2 Å². The van der Waals surface area contributed by atoms with Gasteiger partial charge in [-0.2, -0.15) is 5.26 Å². The lowest BCUT2D eigenvalue weighted by Crippen LogP contribution is -2.45. The van der Waals surface area contributed by atoms with E-state index in [9.17, 15) is 4.79 Å². The lowest BCUT2D eigenvalue weighted by molar-refractivity contribution is -0.104. The number of hydrogen-bond acceptors (Lipinski definition) is 7. The molecule has 0 radical (unpaired) electrons. The minimum atomic E-state index is 0.360. The van der Waals surface area contributed by atoms with E-state index in [1.807, 2.05) is 31.2 Å². The largest absolute Gasteiger partial charge is 0.487 e. The maximum atomic E-state index is 11.6. The van der Waals surface area contributed by atoms with Gasteiger partial charge in [-0.05, 0) is 66.4 Å². The highest BCUT2D eigenvalue weighted by molar-refractivity contribution is 6.32. The molecular formula is C35H33ClN4O3. The Kier molecular flexibility index (Phi) is 9.73. The molecule has 4 aromatic rings. The average Bonchev–Trinajstić information content (AvgIpc) is 3.03. The molecule has 0 saturated carbocycles. The van der Waals surface area contributed by atoms with Crippen LogP contribution in [0.5, 0.6) is 17.4 Å². The van der Waals surface area contributed by atoms with Crippen molar-refractivity contribution in [2.24, 2.45) is 0 Å². The molecule has 0 aliphatic carbocycles. The van der Waals surface area contributed by atoms with Gasteiger partial charge in [-0.3, -0.25) is 9.69 Å². The molecule has 0 bridgehead atoms. The fourth-order valence-electron chi connectivity index (χ4n) is 5.01. The van der Waals surface area contributed by atoms with Crippen LogP contribution in [0.25, 0.3) is 5.70 Å². The first-order chi connectivity index (χ1) is 20.9. The van der Waals surface area contributed by atoms with Crippen LogP contribution in [0.15, 0.2) is 85.1 Å². The van der Waals surface area contributed by atoms with Crippen LogP contribution in [0.3, 0.4) is 0 Å². The summed E-state index contributed by atoms with van der Waals surface area (Å²) in [6.45, 7) is 8.72. The predicted molar refractivity (Wildman–Crippen MR) is 168 cm³/mol. The van der Waals surface area contributed by atoms with E-state index in [1.165, 1.54) is 11.1 Å². The van der Waals surface area contributed by atoms with E-state index in [0.29, 0.717) is 34.6 Å². The highest BCUT2D eigenvalue weighted by Gasteiger charge is 2.21. The number of halogens is 1. The molecule has 5 rings (SSSR count). The predicted octanol–water partition coefficient (Wildman–Crippen LogP) is 6.95. The molecule has 1 saturated heterocycles. The van der Waals surface area contributed by atoms with Gasteiger partial charge in [0.2, 0.25) is 5.88 Å². The fraction of sp³-hybridized carbons (Fsp3) is 0.229. The Labute approximate surface area is 257 Å². The third-order valence-corrected chi connectivity index (χ3v) is 7.68. The maximum Gasteiger partial charge on any atom is 0.219 e.